The normalized spacial score (nSPS) is 11.3. The van der Waals surface area contributed by atoms with Crippen molar-refractivity contribution in [3.8, 4) is 0 Å². The molecule has 0 spiro atoms. The highest BCUT2D eigenvalue weighted by Gasteiger charge is 2.12. The molecule has 0 atom stereocenters. The van der Waals surface area contributed by atoms with E-state index >= 15 is 0 Å². The van der Waals surface area contributed by atoms with Gasteiger partial charge in [-0.25, -0.2) is 8.42 Å². The Morgan fingerprint density at radius 3 is 2.50 bits per heavy atom. The summed E-state index contributed by atoms with van der Waals surface area (Å²) in [5.41, 5.74) is 0. The predicted octanol–water partition coefficient (Wildman–Crippen LogP) is -0.426. The lowest BCUT2D eigenvalue weighted by Crippen LogP contribution is -2.18. The molecule has 0 bridgehead atoms. The lowest BCUT2D eigenvalue weighted by Gasteiger charge is -2.02. The fraction of sp³-hybridized carbons (Fsp3) is 0.875. The van der Waals surface area contributed by atoms with Gasteiger partial charge in [-0.1, -0.05) is 0 Å². The predicted molar refractivity (Wildman–Crippen MR) is 53.8 cm³/mol. The number of rotatable bonds is 7. The van der Waals surface area contributed by atoms with Crippen molar-refractivity contribution in [2.24, 2.45) is 0 Å². The molecule has 0 saturated heterocycles. The van der Waals surface area contributed by atoms with Gasteiger partial charge in [0, 0.05) is 0 Å². The SMILES string of the molecule is CNCCCS(=O)(=O)CCC(=O)OC. The summed E-state index contributed by atoms with van der Waals surface area (Å²) in [4.78, 5) is 10.7. The van der Waals surface area contributed by atoms with Crippen LogP contribution >= 0.6 is 0 Å². The van der Waals surface area contributed by atoms with E-state index in [2.05, 4.69) is 10.1 Å². The van der Waals surface area contributed by atoms with Crippen molar-refractivity contribution in [3.05, 3.63) is 0 Å². The topological polar surface area (TPSA) is 72.5 Å². The molecule has 0 saturated carbocycles. The lowest BCUT2D eigenvalue weighted by molar-refractivity contribution is -0.140. The molecule has 0 aromatic carbocycles. The molecule has 5 nitrogen and oxygen atoms in total. The van der Waals surface area contributed by atoms with E-state index in [4.69, 9.17) is 0 Å². The number of ether oxygens (including phenoxy) is 1. The molecule has 14 heavy (non-hydrogen) atoms. The first-order chi connectivity index (χ1) is 6.52. The zero-order valence-corrected chi connectivity index (χ0v) is 9.39. The molecule has 0 aliphatic heterocycles. The fourth-order valence-corrected chi connectivity index (χ4v) is 2.18. The van der Waals surface area contributed by atoms with Crippen molar-refractivity contribution in [1.82, 2.24) is 5.32 Å². The summed E-state index contributed by atoms with van der Waals surface area (Å²) in [6.45, 7) is 0.664. The van der Waals surface area contributed by atoms with E-state index in [0.717, 1.165) is 0 Å². The van der Waals surface area contributed by atoms with Gasteiger partial charge in [-0.2, -0.15) is 0 Å². The molecule has 1 N–H and O–H groups in total. The van der Waals surface area contributed by atoms with E-state index in [1.807, 2.05) is 0 Å². The number of carbonyl (C=O) groups excluding carboxylic acids is 1. The van der Waals surface area contributed by atoms with E-state index in [1.54, 1.807) is 7.05 Å². The number of carbonyl (C=O) groups is 1. The van der Waals surface area contributed by atoms with Gasteiger partial charge < -0.3 is 10.1 Å². The number of esters is 1. The van der Waals surface area contributed by atoms with Gasteiger partial charge >= 0.3 is 5.97 Å². The molecule has 6 heteroatoms. The molecule has 0 radical (unpaired) electrons. The third-order valence-electron chi connectivity index (χ3n) is 1.73. The monoisotopic (exact) mass is 223 g/mol. The molecule has 0 aliphatic carbocycles. The highest BCUT2D eigenvalue weighted by atomic mass is 32.2. The number of methoxy groups -OCH3 is 1. The fourth-order valence-electron chi connectivity index (χ4n) is 0.912. The number of hydrogen-bond donors (Lipinski definition) is 1. The molecular formula is C8H17NO4S. The summed E-state index contributed by atoms with van der Waals surface area (Å²) < 4.78 is 26.9. The van der Waals surface area contributed by atoms with Crippen LogP contribution in [0.2, 0.25) is 0 Å². The highest BCUT2D eigenvalue weighted by molar-refractivity contribution is 7.91. The minimum atomic E-state index is -3.10. The van der Waals surface area contributed by atoms with E-state index < -0.39 is 15.8 Å². The van der Waals surface area contributed by atoms with Gasteiger partial charge in [-0.05, 0) is 20.0 Å². The van der Waals surface area contributed by atoms with Crippen LogP contribution in [0.25, 0.3) is 0 Å². The van der Waals surface area contributed by atoms with Crippen molar-refractivity contribution in [2.45, 2.75) is 12.8 Å². The molecule has 0 amide bonds. The van der Waals surface area contributed by atoms with Crippen LogP contribution in [0.1, 0.15) is 12.8 Å². The second kappa shape index (κ2) is 6.78. The van der Waals surface area contributed by atoms with Crippen LogP contribution in [0.4, 0.5) is 0 Å². The summed E-state index contributed by atoms with van der Waals surface area (Å²) >= 11 is 0. The summed E-state index contributed by atoms with van der Waals surface area (Å²) in [5, 5.41) is 2.86. The first kappa shape index (κ1) is 13.4. The molecule has 0 aromatic rings. The van der Waals surface area contributed by atoms with Crippen molar-refractivity contribution >= 4 is 15.8 Å². The maximum Gasteiger partial charge on any atom is 0.306 e. The Hall–Kier alpha value is -0.620. The van der Waals surface area contributed by atoms with E-state index in [0.29, 0.717) is 13.0 Å². The van der Waals surface area contributed by atoms with Gasteiger partial charge in [0.05, 0.1) is 25.0 Å². The van der Waals surface area contributed by atoms with Gasteiger partial charge in [0.1, 0.15) is 0 Å². The maximum absolute atomic E-state index is 11.3. The van der Waals surface area contributed by atoms with Crippen LogP contribution in [-0.2, 0) is 19.4 Å². The summed E-state index contributed by atoms with van der Waals surface area (Å²) in [5.74, 6) is -0.490. The van der Waals surface area contributed by atoms with Crippen molar-refractivity contribution < 1.29 is 17.9 Å². The third-order valence-corrected chi connectivity index (χ3v) is 3.46. The van der Waals surface area contributed by atoms with Crippen LogP contribution in [0, 0.1) is 0 Å². The zero-order valence-electron chi connectivity index (χ0n) is 8.58. The molecule has 0 aromatic heterocycles. The first-order valence-electron chi connectivity index (χ1n) is 4.43. The summed E-state index contributed by atoms with van der Waals surface area (Å²) in [6, 6.07) is 0. The van der Waals surface area contributed by atoms with Crippen LogP contribution < -0.4 is 5.32 Å². The quantitative estimate of drug-likeness (QED) is 0.468. The van der Waals surface area contributed by atoms with Gasteiger partial charge in [0.15, 0.2) is 9.84 Å². The number of sulfone groups is 1. The zero-order chi connectivity index (χ0) is 11.0. The van der Waals surface area contributed by atoms with Gasteiger partial charge in [0.2, 0.25) is 0 Å². The molecule has 0 aliphatic rings. The Morgan fingerprint density at radius 1 is 1.36 bits per heavy atom. The summed E-state index contributed by atoms with van der Waals surface area (Å²) in [6.07, 6.45) is 0.512. The maximum atomic E-state index is 11.3. The Kier molecular flexibility index (Phi) is 6.48. The standard InChI is InChI=1S/C8H17NO4S/c1-9-5-3-6-14(11,12)7-4-8(10)13-2/h9H,3-7H2,1-2H3. The molecule has 0 fully saturated rings. The van der Waals surface area contributed by atoms with Gasteiger partial charge in [-0.15, -0.1) is 0 Å². The van der Waals surface area contributed by atoms with Gasteiger partial charge in [0.25, 0.3) is 0 Å². The van der Waals surface area contributed by atoms with E-state index in [9.17, 15) is 13.2 Å². The lowest BCUT2D eigenvalue weighted by atomic mass is 10.5. The van der Waals surface area contributed by atoms with Gasteiger partial charge in [-0.3, -0.25) is 4.79 Å². The Bertz CT molecular complexity index is 261. The third kappa shape index (κ3) is 6.85. The van der Waals surface area contributed by atoms with Crippen LogP contribution in [0.5, 0.6) is 0 Å². The Morgan fingerprint density at radius 2 is 2.00 bits per heavy atom. The Balaban J connectivity index is 3.78. The minimum absolute atomic E-state index is 0.0572. The van der Waals surface area contributed by atoms with Crippen LogP contribution in [-0.4, -0.2) is 46.6 Å². The largest absolute Gasteiger partial charge is 0.469 e. The van der Waals surface area contributed by atoms with Crippen LogP contribution in [0.3, 0.4) is 0 Å². The average Bonchev–Trinajstić information content (AvgIpc) is 2.14. The molecular weight excluding hydrogens is 206 g/mol. The number of hydrogen-bond acceptors (Lipinski definition) is 5. The van der Waals surface area contributed by atoms with Crippen molar-refractivity contribution in [1.29, 1.82) is 0 Å². The van der Waals surface area contributed by atoms with Crippen molar-refractivity contribution in [2.75, 3.05) is 32.2 Å². The highest BCUT2D eigenvalue weighted by Crippen LogP contribution is 1.97. The second-order valence-electron chi connectivity index (χ2n) is 2.94. The minimum Gasteiger partial charge on any atom is -0.469 e. The molecule has 0 unspecified atom stereocenters. The first-order valence-corrected chi connectivity index (χ1v) is 6.26. The average molecular weight is 223 g/mol. The Labute approximate surface area is 84.7 Å². The second-order valence-corrected chi connectivity index (χ2v) is 5.24. The van der Waals surface area contributed by atoms with Crippen LogP contribution in [0.15, 0.2) is 0 Å². The van der Waals surface area contributed by atoms with E-state index in [-0.39, 0.29) is 17.9 Å². The smallest absolute Gasteiger partial charge is 0.306 e. The molecule has 0 heterocycles. The molecule has 84 valence electrons. The number of nitrogens with one attached hydrogen (secondary N) is 1. The van der Waals surface area contributed by atoms with Crippen molar-refractivity contribution in [3.63, 3.8) is 0 Å². The summed E-state index contributed by atoms with van der Waals surface area (Å²) in [7, 11) is -0.0889. The van der Waals surface area contributed by atoms with E-state index in [1.165, 1.54) is 7.11 Å². The molecule has 0 rings (SSSR count).